The molecule has 0 aliphatic carbocycles. The van der Waals surface area contributed by atoms with Gasteiger partial charge in [0.25, 0.3) is 0 Å². The van der Waals surface area contributed by atoms with Gasteiger partial charge in [-0.15, -0.1) is 0 Å². The van der Waals surface area contributed by atoms with Crippen molar-refractivity contribution in [2.45, 2.75) is 38.6 Å². The maximum absolute atomic E-state index is 9.59. The predicted octanol–water partition coefficient (Wildman–Crippen LogP) is 2.55. The third kappa shape index (κ3) is 6.40. The molecule has 0 saturated carbocycles. The van der Waals surface area contributed by atoms with Gasteiger partial charge in [-0.05, 0) is 31.4 Å². The molecule has 100 valence electrons. The standard InChI is InChI=1S/C12H17N.C3H6O2/c1-2-6-11(7-3-1)10-12-8-4-5-9-13-12;1-3(4)5-2/h1-3,6-7,12-13H,4-5,8-10H2;1-2H3/t12-;/m0./s1. The molecule has 0 amide bonds. The average molecular weight is 249 g/mol. The molecular formula is C15H23NO2. The van der Waals surface area contributed by atoms with Crippen LogP contribution in [0.5, 0.6) is 0 Å². The normalized spacial score (nSPS) is 18.4. The van der Waals surface area contributed by atoms with Crippen LogP contribution in [0, 0.1) is 0 Å². The molecule has 1 atom stereocenters. The molecular weight excluding hydrogens is 226 g/mol. The first-order valence-corrected chi connectivity index (χ1v) is 6.54. The van der Waals surface area contributed by atoms with Gasteiger partial charge >= 0.3 is 5.97 Å². The molecule has 1 heterocycles. The minimum Gasteiger partial charge on any atom is -0.469 e. The summed E-state index contributed by atoms with van der Waals surface area (Å²) in [5.41, 5.74) is 1.46. The molecule has 0 bridgehead atoms. The molecule has 2 rings (SSSR count). The molecule has 1 saturated heterocycles. The second kappa shape index (κ2) is 8.70. The van der Waals surface area contributed by atoms with Gasteiger partial charge in [-0.1, -0.05) is 36.8 Å². The van der Waals surface area contributed by atoms with Crippen molar-refractivity contribution in [3.63, 3.8) is 0 Å². The Morgan fingerprint density at radius 2 is 2.00 bits per heavy atom. The summed E-state index contributed by atoms with van der Waals surface area (Å²) in [5, 5.41) is 3.57. The van der Waals surface area contributed by atoms with Gasteiger partial charge in [0.2, 0.25) is 0 Å². The Morgan fingerprint density at radius 3 is 2.50 bits per heavy atom. The Labute approximate surface area is 110 Å². The zero-order valence-corrected chi connectivity index (χ0v) is 11.3. The SMILES string of the molecule is COC(C)=O.c1ccc(C[C@@H]2CCCCN2)cc1. The molecule has 3 heteroatoms. The Bertz CT molecular complexity index is 332. The first kappa shape index (κ1) is 14.7. The van der Waals surface area contributed by atoms with Crippen LogP contribution in [0.25, 0.3) is 0 Å². The molecule has 1 aliphatic heterocycles. The number of carbonyl (C=O) groups is 1. The monoisotopic (exact) mass is 249 g/mol. The van der Waals surface area contributed by atoms with Crippen molar-refractivity contribution in [1.82, 2.24) is 5.32 Å². The van der Waals surface area contributed by atoms with Crippen molar-refractivity contribution < 1.29 is 9.53 Å². The fourth-order valence-corrected chi connectivity index (χ4v) is 2.00. The quantitative estimate of drug-likeness (QED) is 0.819. The van der Waals surface area contributed by atoms with Crippen LogP contribution in [-0.4, -0.2) is 25.7 Å². The number of hydrogen-bond acceptors (Lipinski definition) is 3. The third-order valence-corrected chi connectivity index (χ3v) is 3.02. The van der Waals surface area contributed by atoms with E-state index in [0.717, 1.165) is 6.04 Å². The van der Waals surface area contributed by atoms with Crippen molar-refractivity contribution >= 4 is 5.97 Å². The van der Waals surface area contributed by atoms with Crippen LogP contribution >= 0.6 is 0 Å². The van der Waals surface area contributed by atoms with Crippen molar-refractivity contribution in [3.8, 4) is 0 Å². The maximum atomic E-state index is 9.59. The summed E-state index contributed by atoms with van der Waals surface area (Å²) in [7, 11) is 1.35. The molecule has 1 fully saturated rings. The summed E-state index contributed by atoms with van der Waals surface area (Å²) in [6, 6.07) is 11.5. The minimum atomic E-state index is -0.245. The number of rotatable bonds is 2. The van der Waals surface area contributed by atoms with E-state index in [4.69, 9.17) is 0 Å². The molecule has 0 aromatic heterocycles. The number of methoxy groups -OCH3 is 1. The molecule has 1 aromatic rings. The van der Waals surface area contributed by atoms with E-state index >= 15 is 0 Å². The molecule has 1 aliphatic rings. The average Bonchev–Trinajstić information content (AvgIpc) is 2.42. The fourth-order valence-electron chi connectivity index (χ4n) is 2.00. The Hall–Kier alpha value is -1.35. The summed E-state index contributed by atoms with van der Waals surface area (Å²) >= 11 is 0. The highest BCUT2D eigenvalue weighted by Gasteiger charge is 2.12. The Balaban J connectivity index is 0.000000280. The van der Waals surface area contributed by atoms with Crippen LogP contribution < -0.4 is 5.32 Å². The van der Waals surface area contributed by atoms with Gasteiger partial charge in [0.1, 0.15) is 0 Å². The van der Waals surface area contributed by atoms with E-state index in [1.54, 1.807) is 0 Å². The number of carbonyl (C=O) groups excluding carboxylic acids is 1. The maximum Gasteiger partial charge on any atom is 0.302 e. The lowest BCUT2D eigenvalue weighted by Gasteiger charge is -2.23. The largest absolute Gasteiger partial charge is 0.469 e. The van der Waals surface area contributed by atoms with Crippen LogP contribution in [0.3, 0.4) is 0 Å². The zero-order valence-electron chi connectivity index (χ0n) is 11.3. The van der Waals surface area contributed by atoms with E-state index in [1.807, 2.05) is 0 Å². The van der Waals surface area contributed by atoms with Crippen molar-refractivity contribution in [2.24, 2.45) is 0 Å². The summed E-state index contributed by atoms with van der Waals surface area (Å²) in [6.45, 7) is 2.57. The lowest BCUT2D eigenvalue weighted by atomic mass is 9.98. The molecule has 0 radical (unpaired) electrons. The minimum absolute atomic E-state index is 0.245. The van der Waals surface area contributed by atoms with E-state index in [0.29, 0.717) is 0 Å². The predicted molar refractivity (Wildman–Crippen MR) is 73.5 cm³/mol. The first-order valence-electron chi connectivity index (χ1n) is 6.54. The molecule has 3 nitrogen and oxygen atoms in total. The van der Waals surface area contributed by atoms with Crippen molar-refractivity contribution in [2.75, 3.05) is 13.7 Å². The number of nitrogens with one attached hydrogen (secondary N) is 1. The topological polar surface area (TPSA) is 38.3 Å². The number of hydrogen-bond donors (Lipinski definition) is 1. The van der Waals surface area contributed by atoms with E-state index in [9.17, 15) is 4.79 Å². The van der Waals surface area contributed by atoms with Gasteiger partial charge < -0.3 is 10.1 Å². The van der Waals surface area contributed by atoms with Gasteiger partial charge in [0, 0.05) is 13.0 Å². The van der Waals surface area contributed by atoms with E-state index in [1.165, 1.54) is 51.8 Å². The van der Waals surface area contributed by atoms with Gasteiger partial charge in [-0.2, -0.15) is 0 Å². The lowest BCUT2D eigenvalue weighted by Crippen LogP contribution is -2.35. The van der Waals surface area contributed by atoms with Crippen LogP contribution in [0.2, 0.25) is 0 Å². The smallest absolute Gasteiger partial charge is 0.302 e. The molecule has 1 aromatic carbocycles. The van der Waals surface area contributed by atoms with Crippen LogP contribution in [0.1, 0.15) is 31.7 Å². The summed E-state index contributed by atoms with van der Waals surface area (Å²) in [4.78, 5) is 9.59. The highest BCUT2D eigenvalue weighted by Crippen LogP contribution is 2.12. The van der Waals surface area contributed by atoms with Gasteiger partial charge in [-0.25, -0.2) is 0 Å². The highest BCUT2D eigenvalue weighted by atomic mass is 16.5. The summed E-state index contributed by atoms with van der Waals surface area (Å²) in [6.07, 6.45) is 5.28. The van der Waals surface area contributed by atoms with Crippen LogP contribution in [0.15, 0.2) is 30.3 Å². The van der Waals surface area contributed by atoms with Gasteiger partial charge in [-0.3, -0.25) is 4.79 Å². The molecule has 0 spiro atoms. The van der Waals surface area contributed by atoms with Gasteiger partial charge in [0.05, 0.1) is 7.11 Å². The number of piperidine rings is 1. The molecule has 1 N–H and O–H groups in total. The van der Waals surface area contributed by atoms with Crippen LogP contribution in [0.4, 0.5) is 0 Å². The van der Waals surface area contributed by atoms with Crippen molar-refractivity contribution in [1.29, 1.82) is 0 Å². The molecule has 18 heavy (non-hydrogen) atoms. The Morgan fingerprint density at radius 1 is 1.33 bits per heavy atom. The second-order valence-corrected chi connectivity index (χ2v) is 4.53. The third-order valence-electron chi connectivity index (χ3n) is 3.02. The summed E-state index contributed by atoms with van der Waals surface area (Å²) in [5.74, 6) is -0.245. The van der Waals surface area contributed by atoms with E-state index in [-0.39, 0.29) is 5.97 Å². The molecule has 0 unspecified atom stereocenters. The zero-order chi connectivity index (χ0) is 13.2. The summed E-state index contributed by atoms with van der Waals surface area (Å²) < 4.78 is 4.11. The fraction of sp³-hybridized carbons (Fsp3) is 0.533. The first-order chi connectivity index (χ1) is 8.72. The number of benzene rings is 1. The highest BCUT2D eigenvalue weighted by molar-refractivity contribution is 5.65. The number of esters is 1. The lowest BCUT2D eigenvalue weighted by molar-refractivity contribution is -0.137. The van der Waals surface area contributed by atoms with Crippen molar-refractivity contribution in [3.05, 3.63) is 35.9 Å². The van der Waals surface area contributed by atoms with Crippen LogP contribution in [-0.2, 0) is 16.0 Å². The van der Waals surface area contributed by atoms with E-state index in [2.05, 4.69) is 40.4 Å². The number of ether oxygens (including phenoxy) is 1. The Kier molecular flexibility index (Phi) is 7.11. The second-order valence-electron chi connectivity index (χ2n) is 4.53. The van der Waals surface area contributed by atoms with E-state index < -0.39 is 0 Å². The van der Waals surface area contributed by atoms with Gasteiger partial charge in [0.15, 0.2) is 0 Å².